The molecule has 0 saturated heterocycles. The van der Waals surface area contributed by atoms with Crippen LogP contribution in [0.25, 0.3) is 11.6 Å². The normalized spacial score (nSPS) is 14.7. The van der Waals surface area contributed by atoms with Crippen molar-refractivity contribution in [1.29, 1.82) is 0 Å². The van der Waals surface area contributed by atoms with Crippen LogP contribution in [0.4, 0.5) is 13.2 Å². The molecule has 0 atom stereocenters. The average molecular weight is 429 g/mol. The Kier molecular flexibility index (Phi) is 6.34. The first-order valence-electron chi connectivity index (χ1n) is 9.68. The molecule has 0 aromatic heterocycles. The van der Waals surface area contributed by atoms with E-state index in [2.05, 4.69) is 0 Å². The van der Waals surface area contributed by atoms with Crippen LogP contribution in [-0.4, -0.2) is 30.4 Å². The molecule has 162 valence electrons. The van der Waals surface area contributed by atoms with Crippen molar-refractivity contribution in [2.75, 3.05) is 13.7 Å². The van der Waals surface area contributed by atoms with Gasteiger partial charge in [0.2, 0.25) is 0 Å². The number of carbonyl (C=O) groups excluding carboxylic acids is 2. The highest BCUT2D eigenvalue weighted by Crippen LogP contribution is 2.31. The van der Waals surface area contributed by atoms with E-state index in [1.165, 1.54) is 18.2 Å². The van der Waals surface area contributed by atoms with Crippen molar-refractivity contribution in [3.8, 4) is 5.75 Å². The van der Waals surface area contributed by atoms with Crippen LogP contribution >= 0.6 is 0 Å². The molecule has 2 aromatic rings. The second-order valence-corrected chi connectivity index (χ2v) is 7.28. The quantitative estimate of drug-likeness (QED) is 0.629. The van der Waals surface area contributed by atoms with Crippen LogP contribution in [0.2, 0.25) is 0 Å². The van der Waals surface area contributed by atoms with Gasteiger partial charge >= 0.3 is 6.18 Å². The maximum atomic E-state index is 12.8. The Hall–Kier alpha value is -3.35. The molecule has 0 radical (unpaired) electrons. The van der Waals surface area contributed by atoms with Gasteiger partial charge in [0.1, 0.15) is 5.75 Å². The molecule has 3 rings (SSSR count). The van der Waals surface area contributed by atoms with Crippen molar-refractivity contribution in [2.24, 2.45) is 0 Å². The number of ether oxygens (including phenoxy) is 1. The molecular weight excluding hydrogens is 407 g/mol. The van der Waals surface area contributed by atoms with E-state index in [9.17, 15) is 22.8 Å². The Bertz CT molecular complexity index is 1070. The monoisotopic (exact) mass is 429 g/mol. The first kappa shape index (κ1) is 22.3. The second-order valence-electron chi connectivity index (χ2n) is 7.28. The van der Waals surface area contributed by atoms with Gasteiger partial charge in [0.15, 0.2) is 0 Å². The van der Waals surface area contributed by atoms with Crippen LogP contribution in [-0.2, 0) is 15.8 Å². The number of amides is 2. The van der Waals surface area contributed by atoms with E-state index in [-0.39, 0.29) is 12.1 Å². The van der Waals surface area contributed by atoms with Crippen LogP contribution in [0.3, 0.4) is 0 Å². The number of hydrogen-bond acceptors (Lipinski definition) is 3. The summed E-state index contributed by atoms with van der Waals surface area (Å²) in [5.41, 5.74) is 2.54. The molecule has 2 aromatic carbocycles. The zero-order valence-electron chi connectivity index (χ0n) is 17.4. The molecule has 1 aliphatic rings. The van der Waals surface area contributed by atoms with Gasteiger partial charge < -0.3 is 4.74 Å². The van der Waals surface area contributed by atoms with E-state index >= 15 is 0 Å². The Labute approximate surface area is 178 Å². The third-order valence-electron chi connectivity index (χ3n) is 5.25. The highest BCUT2D eigenvalue weighted by Gasteiger charge is 2.31. The van der Waals surface area contributed by atoms with Crippen molar-refractivity contribution in [1.82, 2.24) is 4.90 Å². The number of imide groups is 1. The molecule has 0 aliphatic carbocycles. The fraction of sp³-hybridized carbons (Fsp3) is 0.250. The smallest absolute Gasteiger partial charge is 0.416 e. The Morgan fingerprint density at radius 3 is 2.42 bits per heavy atom. The lowest BCUT2D eigenvalue weighted by molar-refractivity contribution is -0.139. The fourth-order valence-corrected chi connectivity index (χ4v) is 3.38. The number of alkyl halides is 3. The van der Waals surface area contributed by atoms with Crippen LogP contribution in [0, 0.1) is 13.8 Å². The lowest BCUT2D eigenvalue weighted by atomic mass is 9.98. The molecule has 31 heavy (non-hydrogen) atoms. The maximum absolute atomic E-state index is 12.8. The summed E-state index contributed by atoms with van der Waals surface area (Å²) >= 11 is 0. The summed E-state index contributed by atoms with van der Waals surface area (Å²) in [5, 5.41) is 0. The maximum Gasteiger partial charge on any atom is 0.416 e. The van der Waals surface area contributed by atoms with Crippen molar-refractivity contribution in [3.63, 3.8) is 0 Å². The Balaban J connectivity index is 1.78. The lowest BCUT2D eigenvalue weighted by Gasteiger charge is -2.24. The zero-order valence-corrected chi connectivity index (χ0v) is 17.4. The van der Waals surface area contributed by atoms with Gasteiger partial charge in [-0.05, 0) is 66.8 Å². The van der Waals surface area contributed by atoms with Crippen molar-refractivity contribution >= 4 is 23.5 Å². The minimum atomic E-state index is -4.45. The van der Waals surface area contributed by atoms with Crippen LogP contribution < -0.4 is 4.74 Å². The summed E-state index contributed by atoms with van der Waals surface area (Å²) < 4.78 is 43.7. The SMILES string of the molecule is COc1cc(/C=C/C(=O)N2CCC=C(c3ccc(C(F)(F)F)cc3)C2=O)cc(C)c1C. The van der Waals surface area contributed by atoms with Gasteiger partial charge in [0, 0.05) is 18.2 Å². The average Bonchev–Trinajstić information content (AvgIpc) is 2.74. The summed E-state index contributed by atoms with van der Waals surface area (Å²) in [5.74, 6) is -0.313. The van der Waals surface area contributed by atoms with Crippen LogP contribution in [0.1, 0.15) is 34.2 Å². The van der Waals surface area contributed by atoms with Gasteiger partial charge in [-0.15, -0.1) is 0 Å². The number of halogens is 3. The van der Waals surface area contributed by atoms with Gasteiger partial charge in [0.05, 0.1) is 12.7 Å². The number of aryl methyl sites for hydroxylation is 1. The van der Waals surface area contributed by atoms with Gasteiger partial charge in [0.25, 0.3) is 11.8 Å². The topological polar surface area (TPSA) is 46.6 Å². The second kappa shape index (κ2) is 8.79. The summed E-state index contributed by atoms with van der Waals surface area (Å²) in [6.07, 6.45) is 0.552. The molecule has 1 aliphatic heterocycles. The molecule has 0 N–H and O–H groups in total. The number of carbonyl (C=O) groups is 2. The molecule has 0 fully saturated rings. The fourth-order valence-electron chi connectivity index (χ4n) is 3.38. The molecule has 0 saturated carbocycles. The Morgan fingerprint density at radius 2 is 1.81 bits per heavy atom. The van der Waals surface area contributed by atoms with Crippen LogP contribution in [0.5, 0.6) is 5.75 Å². The Morgan fingerprint density at radius 1 is 1.13 bits per heavy atom. The number of hydrogen-bond donors (Lipinski definition) is 0. The van der Waals surface area contributed by atoms with Gasteiger partial charge in [-0.3, -0.25) is 14.5 Å². The molecule has 0 bridgehead atoms. The molecule has 0 spiro atoms. The van der Waals surface area contributed by atoms with E-state index in [1.54, 1.807) is 25.3 Å². The van der Waals surface area contributed by atoms with E-state index < -0.39 is 23.6 Å². The molecule has 0 unspecified atom stereocenters. The van der Waals surface area contributed by atoms with E-state index in [1.807, 2.05) is 19.9 Å². The number of rotatable bonds is 4. The van der Waals surface area contributed by atoms with Crippen LogP contribution in [0.15, 0.2) is 48.6 Å². The molecule has 2 amide bonds. The summed E-state index contributed by atoms with van der Waals surface area (Å²) in [7, 11) is 1.57. The summed E-state index contributed by atoms with van der Waals surface area (Å²) in [6, 6.07) is 8.06. The minimum Gasteiger partial charge on any atom is -0.496 e. The number of nitrogens with zero attached hydrogens (tertiary/aromatic N) is 1. The first-order chi connectivity index (χ1) is 14.6. The van der Waals surface area contributed by atoms with E-state index in [0.717, 1.165) is 33.7 Å². The number of methoxy groups -OCH3 is 1. The zero-order chi connectivity index (χ0) is 22.8. The third kappa shape index (κ3) is 4.87. The molecular formula is C24H22F3NO3. The summed E-state index contributed by atoms with van der Waals surface area (Å²) in [4.78, 5) is 26.6. The largest absolute Gasteiger partial charge is 0.496 e. The van der Waals surface area contributed by atoms with Gasteiger partial charge in [-0.2, -0.15) is 13.2 Å². The summed E-state index contributed by atoms with van der Waals surface area (Å²) in [6.45, 7) is 4.09. The van der Waals surface area contributed by atoms with E-state index in [0.29, 0.717) is 17.7 Å². The molecule has 1 heterocycles. The first-order valence-corrected chi connectivity index (χ1v) is 9.68. The van der Waals surface area contributed by atoms with Crippen molar-refractivity contribution in [2.45, 2.75) is 26.4 Å². The highest BCUT2D eigenvalue weighted by molar-refractivity contribution is 6.25. The predicted octanol–water partition coefficient (Wildman–Crippen LogP) is 5.19. The van der Waals surface area contributed by atoms with Crippen molar-refractivity contribution in [3.05, 3.63) is 76.4 Å². The standard InChI is InChI=1S/C24H22F3NO3/c1-15-13-17(14-21(31-3)16(15)2)6-11-22(29)28-12-4-5-20(23(28)30)18-7-9-19(10-8-18)24(25,26)27/h5-11,13-14H,4,12H2,1-3H3/b11-6+. The van der Waals surface area contributed by atoms with E-state index in [4.69, 9.17) is 4.74 Å². The predicted molar refractivity (Wildman–Crippen MR) is 112 cm³/mol. The lowest BCUT2D eigenvalue weighted by Crippen LogP contribution is -2.39. The highest BCUT2D eigenvalue weighted by atomic mass is 19.4. The third-order valence-corrected chi connectivity index (χ3v) is 5.25. The molecule has 4 nitrogen and oxygen atoms in total. The molecule has 7 heteroatoms. The van der Waals surface area contributed by atoms with Crippen molar-refractivity contribution < 1.29 is 27.5 Å². The van der Waals surface area contributed by atoms with Gasteiger partial charge in [-0.1, -0.05) is 24.3 Å². The minimum absolute atomic E-state index is 0.211. The number of benzene rings is 2. The van der Waals surface area contributed by atoms with Gasteiger partial charge in [-0.25, -0.2) is 0 Å².